The second-order valence-electron chi connectivity index (χ2n) is 8.65. The SMILES string of the molecule is Cc1ncc(C(=O)NCc2ccccn2)c(CC2CCN(C(=O)C[C@@H]3CCCO3)CC2)n1. The summed E-state index contributed by atoms with van der Waals surface area (Å²) in [5.74, 6) is 1.06. The quantitative estimate of drug-likeness (QED) is 0.715. The second kappa shape index (κ2) is 10.6. The molecule has 32 heavy (non-hydrogen) atoms. The lowest BCUT2D eigenvalue weighted by Gasteiger charge is -2.32. The number of likely N-dealkylation sites (tertiary alicyclic amines) is 1. The van der Waals surface area contributed by atoms with Crippen LogP contribution in [0, 0.1) is 12.8 Å². The van der Waals surface area contributed by atoms with Crippen LogP contribution >= 0.6 is 0 Å². The standard InChI is InChI=1S/C24H31N5O3/c1-17-26-16-21(24(31)27-15-19-5-2-3-9-25-19)22(28-17)13-18-7-10-29(11-8-18)23(30)14-20-6-4-12-32-20/h2-3,5,9,16,18,20H,4,6-8,10-15H2,1H3,(H,27,31)/t20-/m0/s1. The summed E-state index contributed by atoms with van der Waals surface area (Å²) in [7, 11) is 0. The summed E-state index contributed by atoms with van der Waals surface area (Å²) in [6.07, 6.45) is 8.49. The maximum absolute atomic E-state index is 12.8. The molecule has 0 radical (unpaired) electrons. The number of ether oxygens (including phenoxy) is 1. The van der Waals surface area contributed by atoms with Gasteiger partial charge in [0.2, 0.25) is 5.91 Å². The molecular formula is C24H31N5O3. The third-order valence-electron chi connectivity index (χ3n) is 6.26. The Morgan fingerprint density at radius 2 is 2.03 bits per heavy atom. The minimum atomic E-state index is -0.185. The van der Waals surface area contributed by atoms with E-state index in [9.17, 15) is 9.59 Å². The van der Waals surface area contributed by atoms with Crippen LogP contribution in [0.3, 0.4) is 0 Å². The summed E-state index contributed by atoms with van der Waals surface area (Å²) < 4.78 is 5.61. The summed E-state index contributed by atoms with van der Waals surface area (Å²) in [4.78, 5) is 40.4. The zero-order chi connectivity index (χ0) is 22.3. The van der Waals surface area contributed by atoms with Crippen molar-refractivity contribution in [2.24, 2.45) is 5.92 Å². The van der Waals surface area contributed by atoms with E-state index < -0.39 is 0 Å². The first-order valence-corrected chi connectivity index (χ1v) is 11.5. The first-order chi connectivity index (χ1) is 15.6. The van der Waals surface area contributed by atoms with Gasteiger partial charge >= 0.3 is 0 Å². The van der Waals surface area contributed by atoms with Crippen LogP contribution in [-0.2, 0) is 22.5 Å². The van der Waals surface area contributed by atoms with Gasteiger partial charge in [-0.25, -0.2) is 9.97 Å². The molecular weight excluding hydrogens is 406 g/mol. The second-order valence-corrected chi connectivity index (χ2v) is 8.65. The highest BCUT2D eigenvalue weighted by Crippen LogP contribution is 2.24. The highest BCUT2D eigenvalue weighted by molar-refractivity contribution is 5.94. The molecule has 0 saturated carbocycles. The van der Waals surface area contributed by atoms with Crippen LogP contribution in [0.2, 0.25) is 0 Å². The van der Waals surface area contributed by atoms with E-state index in [0.717, 1.165) is 56.8 Å². The number of rotatable bonds is 7. The molecule has 1 atom stereocenters. The van der Waals surface area contributed by atoms with Crippen LogP contribution in [0.4, 0.5) is 0 Å². The maximum atomic E-state index is 12.8. The van der Waals surface area contributed by atoms with E-state index in [4.69, 9.17) is 4.74 Å². The summed E-state index contributed by atoms with van der Waals surface area (Å²) in [5, 5.41) is 2.92. The zero-order valence-corrected chi connectivity index (χ0v) is 18.6. The van der Waals surface area contributed by atoms with Crippen LogP contribution < -0.4 is 5.32 Å². The number of nitrogens with zero attached hydrogens (tertiary/aromatic N) is 4. The molecule has 2 saturated heterocycles. The van der Waals surface area contributed by atoms with Gasteiger partial charge in [0.25, 0.3) is 5.91 Å². The fraction of sp³-hybridized carbons (Fsp3) is 0.542. The summed E-state index contributed by atoms with van der Waals surface area (Å²) in [5.41, 5.74) is 2.10. The Labute approximate surface area is 188 Å². The Kier molecular flexibility index (Phi) is 7.42. The number of amides is 2. The van der Waals surface area contributed by atoms with Crippen molar-refractivity contribution in [3.8, 4) is 0 Å². The zero-order valence-electron chi connectivity index (χ0n) is 18.6. The molecule has 2 aromatic rings. The van der Waals surface area contributed by atoms with Crippen molar-refractivity contribution in [2.75, 3.05) is 19.7 Å². The van der Waals surface area contributed by atoms with Crippen LogP contribution in [0.1, 0.15) is 59.7 Å². The monoisotopic (exact) mass is 437 g/mol. The van der Waals surface area contributed by atoms with Gasteiger partial charge in [0.05, 0.1) is 36.0 Å². The molecule has 2 fully saturated rings. The molecule has 0 bridgehead atoms. The number of nitrogens with one attached hydrogen (secondary N) is 1. The predicted molar refractivity (Wildman–Crippen MR) is 119 cm³/mol. The van der Waals surface area contributed by atoms with E-state index in [0.29, 0.717) is 36.7 Å². The molecule has 2 amide bonds. The molecule has 2 aromatic heterocycles. The number of aryl methyl sites for hydroxylation is 1. The lowest BCUT2D eigenvalue weighted by molar-refractivity contribution is -0.134. The topological polar surface area (TPSA) is 97.3 Å². The summed E-state index contributed by atoms with van der Waals surface area (Å²) in [6, 6.07) is 5.62. The number of aromatic nitrogens is 3. The van der Waals surface area contributed by atoms with Crippen molar-refractivity contribution in [1.29, 1.82) is 0 Å². The van der Waals surface area contributed by atoms with Crippen molar-refractivity contribution in [1.82, 2.24) is 25.2 Å². The summed E-state index contributed by atoms with van der Waals surface area (Å²) in [6.45, 7) is 4.47. The fourth-order valence-corrected chi connectivity index (χ4v) is 4.42. The van der Waals surface area contributed by atoms with E-state index >= 15 is 0 Å². The third kappa shape index (κ3) is 5.88. The molecule has 2 aliphatic rings. The van der Waals surface area contributed by atoms with Crippen LogP contribution in [-0.4, -0.2) is 57.5 Å². The number of hydrogen-bond donors (Lipinski definition) is 1. The van der Waals surface area contributed by atoms with Gasteiger partial charge in [-0.15, -0.1) is 0 Å². The predicted octanol–water partition coefficient (Wildman–Crippen LogP) is 2.46. The van der Waals surface area contributed by atoms with Crippen molar-refractivity contribution < 1.29 is 14.3 Å². The number of pyridine rings is 1. The van der Waals surface area contributed by atoms with Gasteiger partial charge < -0.3 is 15.0 Å². The minimum Gasteiger partial charge on any atom is -0.378 e. The average Bonchev–Trinajstić information content (AvgIpc) is 3.32. The lowest BCUT2D eigenvalue weighted by atomic mass is 9.90. The van der Waals surface area contributed by atoms with Gasteiger partial charge in [-0.1, -0.05) is 6.07 Å². The average molecular weight is 438 g/mol. The smallest absolute Gasteiger partial charge is 0.255 e. The van der Waals surface area contributed by atoms with Gasteiger partial charge in [-0.2, -0.15) is 0 Å². The molecule has 8 heteroatoms. The molecule has 0 aliphatic carbocycles. The molecule has 0 unspecified atom stereocenters. The van der Waals surface area contributed by atoms with Gasteiger partial charge in [0.15, 0.2) is 0 Å². The van der Waals surface area contributed by atoms with Crippen LogP contribution in [0.5, 0.6) is 0 Å². The lowest BCUT2D eigenvalue weighted by Crippen LogP contribution is -2.40. The van der Waals surface area contributed by atoms with E-state index in [1.807, 2.05) is 30.0 Å². The van der Waals surface area contributed by atoms with E-state index in [-0.39, 0.29) is 17.9 Å². The van der Waals surface area contributed by atoms with Gasteiger partial charge in [-0.05, 0) is 57.1 Å². The first-order valence-electron chi connectivity index (χ1n) is 11.5. The van der Waals surface area contributed by atoms with Gasteiger partial charge in [0, 0.05) is 32.1 Å². The molecule has 4 heterocycles. The van der Waals surface area contributed by atoms with E-state index in [2.05, 4.69) is 20.3 Å². The van der Waals surface area contributed by atoms with Crippen LogP contribution in [0.15, 0.2) is 30.6 Å². The molecule has 4 rings (SSSR count). The molecule has 1 N–H and O–H groups in total. The molecule has 2 aliphatic heterocycles. The van der Waals surface area contributed by atoms with Crippen molar-refractivity contribution in [2.45, 2.75) is 58.1 Å². The Balaban J connectivity index is 1.32. The van der Waals surface area contributed by atoms with Crippen LogP contribution in [0.25, 0.3) is 0 Å². The fourth-order valence-electron chi connectivity index (χ4n) is 4.42. The van der Waals surface area contributed by atoms with Gasteiger partial charge in [-0.3, -0.25) is 14.6 Å². The van der Waals surface area contributed by atoms with Crippen molar-refractivity contribution >= 4 is 11.8 Å². The highest BCUT2D eigenvalue weighted by atomic mass is 16.5. The Morgan fingerprint density at radius 1 is 1.19 bits per heavy atom. The molecule has 8 nitrogen and oxygen atoms in total. The third-order valence-corrected chi connectivity index (χ3v) is 6.26. The Hall–Kier alpha value is -2.87. The maximum Gasteiger partial charge on any atom is 0.255 e. The number of carbonyl (C=O) groups excluding carboxylic acids is 2. The van der Waals surface area contributed by atoms with E-state index in [1.54, 1.807) is 12.4 Å². The number of piperidine rings is 1. The number of carbonyl (C=O) groups is 2. The first kappa shape index (κ1) is 22.3. The molecule has 0 aromatic carbocycles. The highest BCUT2D eigenvalue weighted by Gasteiger charge is 2.27. The van der Waals surface area contributed by atoms with Gasteiger partial charge in [0.1, 0.15) is 5.82 Å². The minimum absolute atomic E-state index is 0.0939. The Bertz CT molecular complexity index is 922. The van der Waals surface area contributed by atoms with Crippen molar-refractivity contribution in [3.05, 3.63) is 53.4 Å². The largest absolute Gasteiger partial charge is 0.378 e. The normalized spacial score (nSPS) is 19.2. The number of hydrogen-bond acceptors (Lipinski definition) is 6. The molecule has 0 spiro atoms. The Morgan fingerprint density at radius 3 is 2.75 bits per heavy atom. The van der Waals surface area contributed by atoms with Crippen molar-refractivity contribution in [3.63, 3.8) is 0 Å². The van der Waals surface area contributed by atoms with E-state index in [1.165, 1.54) is 0 Å². The summed E-state index contributed by atoms with van der Waals surface area (Å²) >= 11 is 0. The molecule has 170 valence electrons.